The second-order valence-corrected chi connectivity index (χ2v) is 7.61. The standard InChI is InChI=1S/C18H20I2N2O/c1-4-7-21-11-22-17-8-13(3)18(9-12(17)2)23-14-5-6-15(19)16(20)10-14/h5-6,8-11H,4,7H2,1-3H3,(H,21,22). The van der Waals surface area contributed by atoms with Gasteiger partial charge in [0.05, 0.1) is 6.34 Å². The van der Waals surface area contributed by atoms with Crippen LogP contribution in [0.25, 0.3) is 0 Å². The first kappa shape index (κ1) is 18.5. The van der Waals surface area contributed by atoms with E-state index in [4.69, 9.17) is 4.74 Å². The summed E-state index contributed by atoms with van der Waals surface area (Å²) in [6, 6.07) is 10.3. The molecule has 0 aromatic heterocycles. The van der Waals surface area contributed by atoms with Gasteiger partial charge in [0.15, 0.2) is 0 Å². The molecular weight excluding hydrogens is 514 g/mol. The maximum atomic E-state index is 6.05. The van der Waals surface area contributed by atoms with Crippen LogP contribution in [0.5, 0.6) is 11.5 Å². The molecule has 1 N–H and O–H groups in total. The molecule has 0 heterocycles. The molecule has 2 aromatic rings. The Morgan fingerprint density at radius 1 is 1.09 bits per heavy atom. The number of hydrogen-bond acceptors (Lipinski definition) is 2. The summed E-state index contributed by atoms with van der Waals surface area (Å²) in [6.07, 6.45) is 2.82. The smallest absolute Gasteiger partial charge is 0.130 e. The lowest BCUT2D eigenvalue weighted by atomic mass is 10.1. The normalized spacial score (nSPS) is 11.0. The van der Waals surface area contributed by atoms with E-state index in [1.165, 1.54) is 7.14 Å². The zero-order valence-electron chi connectivity index (χ0n) is 13.5. The summed E-state index contributed by atoms with van der Waals surface area (Å²) in [5, 5.41) is 3.25. The number of benzene rings is 2. The van der Waals surface area contributed by atoms with Gasteiger partial charge < -0.3 is 10.1 Å². The largest absolute Gasteiger partial charge is 0.457 e. The Morgan fingerprint density at radius 2 is 1.87 bits per heavy atom. The van der Waals surface area contributed by atoms with Crippen molar-refractivity contribution >= 4 is 57.2 Å². The molecular formula is C18H20I2N2O. The lowest BCUT2D eigenvalue weighted by molar-refractivity contribution is 0.478. The summed E-state index contributed by atoms with van der Waals surface area (Å²) in [6.45, 7) is 7.09. The monoisotopic (exact) mass is 534 g/mol. The van der Waals surface area contributed by atoms with Gasteiger partial charge in [0.1, 0.15) is 11.5 Å². The first-order valence-electron chi connectivity index (χ1n) is 7.50. The van der Waals surface area contributed by atoms with Crippen molar-refractivity contribution in [2.75, 3.05) is 11.9 Å². The highest BCUT2D eigenvalue weighted by molar-refractivity contribution is 14.1. The molecule has 0 bridgehead atoms. The number of anilines is 1. The Bertz CT molecular complexity index is 714. The zero-order chi connectivity index (χ0) is 16.8. The minimum Gasteiger partial charge on any atom is -0.457 e. The molecule has 0 aliphatic rings. The van der Waals surface area contributed by atoms with Crippen LogP contribution < -0.4 is 10.1 Å². The quantitative estimate of drug-likeness (QED) is 0.274. The zero-order valence-corrected chi connectivity index (χ0v) is 17.8. The van der Waals surface area contributed by atoms with Crippen LogP contribution in [0.1, 0.15) is 24.5 Å². The number of halogens is 2. The summed E-state index contributed by atoms with van der Waals surface area (Å²) in [5.74, 6) is 1.75. The molecule has 2 rings (SSSR count). The van der Waals surface area contributed by atoms with Gasteiger partial charge in [-0.15, -0.1) is 0 Å². The third kappa shape index (κ3) is 5.34. The average Bonchev–Trinajstić information content (AvgIpc) is 2.52. The van der Waals surface area contributed by atoms with Crippen molar-refractivity contribution in [2.45, 2.75) is 27.2 Å². The highest BCUT2D eigenvalue weighted by Gasteiger charge is 2.07. The maximum Gasteiger partial charge on any atom is 0.130 e. The Hall–Kier alpha value is -0.830. The molecule has 0 saturated carbocycles. The van der Waals surface area contributed by atoms with Gasteiger partial charge in [-0.25, -0.2) is 0 Å². The predicted octanol–water partition coefficient (Wildman–Crippen LogP) is 6.16. The minimum atomic E-state index is 0.845. The summed E-state index contributed by atoms with van der Waals surface area (Å²) < 4.78 is 8.48. The average molecular weight is 534 g/mol. The molecule has 23 heavy (non-hydrogen) atoms. The Labute approximate surface area is 165 Å². The van der Waals surface area contributed by atoms with Crippen LogP contribution in [0.15, 0.2) is 35.3 Å². The van der Waals surface area contributed by atoms with E-state index in [1.807, 2.05) is 6.07 Å². The molecule has 3 nitrogen and oxygen atoms in total. The number of ether oxygens (including phenoxy) is 1. The predicted molar refractivity (Wildman–Crippen MR) is 115 cm³/mol. The fourth-order valence-corrected chi connectivity index (χ4v) is 2.85. The number of aryl methyl sites for hydroxylation is 2. The van der Waals surface area contributed by atoms with E-state index in [1.54, 1.807) is 6.34 Å². The lowest BCUT2D eigenvalue weighted by Crippen LogP contribution is -2.00. The first-order chi connectivity index (χ1) is 11.0. The summed E-state index contributed by atoms with van der Waals surface area (Å²) >= 11 is 4.65. The maximum absolute atomic E-state index is 6.05. The van der Waals surface area contributed by atoms with E-state index in [0.717, 1.165) is 41.3 Å². The topological polar surface area (TPSA) is 33.6 Å². The van der Waals surface area contributed by atoms with Gasteiger partial charge in [-0.1, -0.05) is 6.92 Å². The molecule has 0 saturated heterocycles. The first-order valence-corrected chi connectivity index (χ1v) is 9.66. The Kier molecular flexibility index (Phi) is 7.13. The van der Waals surface area contributed by atoms with E-state index >= 15 is 0 Å². The summed E-state index contributed by atoms with van der Waals surface area (Å²) in [7, 11) is 0. The molecule has 0 fully saturated rings. The molecule has 0 atom stereocenters. The van der Waals surface area contributed by atoms with Gasteiger partial charge in [-0.05, 0) is 107 Å². The third-order valence-corrected chi connectivity index (χ3v) is 6.17. The number of rotatable bonds is 6. The van der Waals surface area contributed by atoms with E-state index in [9.17, 15) is 0 Å². The van der Waals surface area contributed by atoms with Crippen molar-refractivity contribution < 1.29 is 4.74 Å². The highest BCUT2D eigenvalue weighted by Crippen LogP contribution is 2.31. The number of nitrogens with zero attached hydrogens (tertiary/aromatic N) is 1. The van der Waals surface area contributed by atoms with Gasteiger partial charge in [-0.3, -0.25) is 4.99 Å². The van der Waals surface area contributed by atoms with E-state index in [0.29, 0.717) is 0 Å². The third-order valence-electron chi connectivity index (χ3n) is 3.30. The van der Waals surface area contributed by atoms with Gasteiger partial charge >= 0.3 is 0 Å². The van der Waals surface area contributed by atoms with Crippen LogP contribution >= 0.6 is 45.2 Å². The number of nitrogens with one attached hydrogen (secondary N) is 1. The molecule has 0 spiro atoms. The van der Waals surface area contributed by atoms with Crippen LogP contribution in [0.4, 0.5) is 5.69 Å². The number of hydrogen-bond donors (Lipinski definition) is 1. The minimum absolute atomic E-state index is 0.845. The van der Waals surface area contributed by atoms with Crippen molar-refractivity contribution in [3.63, 3.8) is 0 Å². The molecule has 2 aromatic carbocycles. The summed E-state index contributed by atoms with van der Waals surface area (Å²) in [5.41, 5.74) is 3.29. The summed E-state index contributed by atoms with van der Waals surface area (Å²) in [4.78, 5) is 4.30. The molecule has 0 aliphatic carbocycles. The van der Waals surface area contributed by atoms with Gasteiger partial charge in [0.25, 0.3) is 0 Å². The van der Waals surface area contributed by atoms with Crippen LogP contribution in [-0.2, 0) is 0 Å². The van der Waals surface area contributed by atoms with Crippen LogP contribution in [-0.4, -0.2) is 12.9 Å². The molecule has 0 aliphatic heterocycles. The molecule has 122 valence electrons. The number of aliphatic imine (C=N–C) groups is 1. The second-order valence-electron chi connectivity index (χ2n) is 5.29. The van der Waals surface area contributed by atoms with Crippen LogP contribution in [0.3, 0.4) is 0 Å². The fraction of sp³-hybridized carbons (Fsp3) is 0.278. The van der Waals surface area contributed by atoms with Crippen molar-refractivity contribution in [1.29, 1.82) is 0 Å². The van der Waals surface area contributed by atoms with Crippen molar-refractivity contribution in [1.82, 2.24) is 0 Å². The van der Waals surface area contributed by atoms with Gasteiger partial charge in [-0.2, -0.15) is 0 Å². The van der Waals surface area contributed by atoms with Crippen LogP contribution in [0, 0.1) is 21.0 Å². The fourth-order valence-electron chi connectivity index (χ4n) is 2.03. The van der Waals surface area contributed by atoms with Gasteiger partial charge in [0.2, 0.25) is 0 Å². The van der Waals surface area contributed by atoms with E-state index < -0.39 is 0 Å². The van der Waals surface area contributed by atoms with Crippen molar-refractivity contribution in [3.8, 4) is 11.5 Å². The second kappa shape index (κ2) is 8.86. The Balaban J connectivity index is 2.17. The highest BCUT2D eigenvalue weighted by atomic mass is 127. The van der Waals surface area contributed by atoms with E-state index in [-0.39, 0.29) is 0 Å². The molecule has 0 radical (unpaired) electrons. The lowest BCUT2D eigenvalue weighted by Gasteiger charge is -2.13. The SMILES string of the molecule is CCCN=CNc1cc(C)c(Oc2ccc(I)c(I)c2)cc1C. The van der Waals surface area contributed by atoms with Gasteiger partial charge in [0, 0.05) is 19.4 Å². The van der Waals surface area contributed by atoms with Crippen LogP contribution in [0.2, 0.25) is 0 Å². The van der Waals surface area contributed by atoms with E-state index in [2.05, 4.69) is 101 Å². The molecule has 0 unspecified atom stereocenters. The van der Waals surface area contributed by atoms with Crippen molar-refractivity contribution in [2.24, 2.45) is 4.99 Å². The Morgan fingerprint density at radius 3 is 2.57 bits per heavy atom. The molecule has 5 heteroatoms. The molecule has 0 amide bonds. The van der Waals surface area contributed by atoms with Crippen molar-refractivity contribution in [3.05, 3.63) is 48.6 Å².